The van der Waals surface area contributed by atoms with E-state index in [-0.39, 0.29) is 5.92 Å². The van der Waals surface area contributed by atoms with Gasteiger partial charge in [-0.2, -0.15) is 10.1 Å². The fourth-order valence-electron chi connectivity index (χ4n) is 2.32. The lowest BCUT2D eigenvalue weighted by molar-refractivity contribution is 0.192. The number of ether oxygens (including phenoxy) is 1. The van der Waals surface area contributed by atoms with E-state index < -0.39 is 0 Å². The second-order valence-electron chi connectivity index (χ2n) is 4.85. The van der Waals surface area contributed by atoms with Gasteiger partial charge < -0.3 is 9.26 Å². The number of hydrogen-bond acceptors (Lipinski definition) is 6. The van der Waals surface area contributed by atoms with E-state index >= 15 is 0 Å². The van der Waals surface area contributed by atoms with Crippen LogP contribution >= 0.6 is 0 Å². The van der Waals surface area contributed by atoms with Gasteiger partial charge in [-0.25, -0.2) is 9.67 Å². The molecule has 0 aliphatic carbocycles. The molecule has 3 aromatic rings. The highest BCUT2D eigenvalue weighted by Gasteiger charge is 2.23. The summed E-state index contributed by atoms with van der Waals surface area (Å²) in [6.07, 6.45) is 4.47. The summed E-state index contributed by atoms with van der Waals surface area (Å²) in [6.45, 7) is 1.40. The van der Waals surface area contributed by atoms with Gasteiger partial charge in [0.2, 0.25) is 0 Å². The van der Waals surface area contributed by atoms with E-state index in [2.05, 4.69) is 20.2 Å². The highest BCUT2D eigenvalue weighted by molar-refractivity contribution is 5.48. The van der Waals surface area contributed by atoms with Crippen LogP contribution < -0.4 is 0 Å². The summed E-state index contributed by atoms with van der Waals surface area (Å²) in [5.41, 5.74) is 0.640. The van der Waals surface area contributed by atoms with Crippen LogP contribution in [0, 0.1) is 0 Å². The van der Waals surface area contributed by atoms with Crippen molar-refractivity contribution in [2.24, 2.45) is 0 Å². The standard InChI is InChI=1S/C14H13N5O2/c1-3-11(16-12(4-1)19-7-2-6-15-19)14-17-13(18-21-14)10-5-8-20-9-10/h1-4,6-7,10H,5,8-9H2. The summed E-state index contributed by atoms with van der Waals surface area (Å²) in [6, 6.07) is 7.45. The van der Waals surface area contributed by atoms with Crippen LogP contribution in [0.3, 0.4) is 0 Å². The summed E-state index contributed by atoms with van der Waals surface area (Å²) in [7, 11) is 0. The minimum atomic E-state index is 0.219. The van der Waals surface area contributed by atoms with Gasteiger partial charge in [-0.1, -0.05) is 11.2 Å². The first kappa shape index (κ1) is 12.2. The van der Waals surface area contributed by atoms with Crippen molar-refractivity contribution in [3.8, 4) is 17.4 Å². The number of rotatable bonds is 3. The largest absolute Gasteiger partial charge is 0.381 e. The molecule has 7 heteroatoms. The minimum absolute atomic E-state index is 0.219. The van der Waals surface area contributed by atoms with Crippen LogP contribution in [0.15, 0.2) is 41.2 Å². The van der Waals surface area contributed by atoms with Crippen LogP contribution in [-0.2, 0) is 4.74 Å². The Labute approximate surface area is 120 Å². The van der Waals surface area contributed by atoms with Gasteiger partial charge in [-0.05, 0) is 24.6 Å². The number of aromatic nitrogens is 5. The lowest BCUT2D eigenvalue weighted by Gasteiger charge is -2.01. The fourth-order valence-corrected chi connectivity index (χ4v) is 2.32. The van der Waals surface area contributed by atoms with Gasteiger partial charge >= 0.3 is 0 Å². The molecule has 21 heavy (non-hydrogen) atoms. The molecule has 7 nitrogen and oxygen atoms in total. The quantitative estimate of drug-likeness (QED) is 0.729. The molecule has 1 aliphatic rings. The lowest BCUT2D eigenvalue weighted by atomic mass is 10.1. The maximum atomic E-state index is 5.35. The van der Waals surface area contributed by atoms with Crippen LogP contribution in [0.4, 0.5) is 0 Å². The molecule has 0 spiro atoms. The van der Waals surface area contributed by atoms with Gasteiger partial charge in [-0.15, -0.1) is 0 Å². The first-order chi connectivity index (χ1) is 10.4. The van der Waals surface area contributed by atoms with E-state index in [4.69, 9.17) is 9.26 Å². The molecular formula is C14H13N5O2. The van der Waals surface area contributed by atoms with Gasteiger partial charge in [0, 0.05) is 24.9 Å². The average Bonchev–Trinajstić information content (AvgIpc) is 3.26. The normalized spacial score (nSPS) is 18.2. The van der Waals surface area contributed by atoms with Crippen molar-refractivity contribution in [2.45, 2.75) is 12.3 Å². The molecule has 1 saturated heterocycles. The molecular weight excluding hydrogens is 270 g/mol. The van der Waals surface area contributed by atoms with E-state index in [1.165, 1.54) is 0 Å². The van der Waals surface area contributed by atoms with Crippen LogP contribution in [-0.4, -0.2) is 38.1 Å². The minimum Gasteiger partial charge on any atom is -0.381 e. The molecule has 0 amide bonds. The molecule has 3 aromatic heterocycles. The Morgan fingerprint density at radius 3 is 3.00 bits per heavy atom. The summed E-state index contributed by atoms with van der Waals surface area (Å²) in [5.74, 6) is 2.04. The van der Waals surface area contributed by atoms with Gasteiger partial charge in [0.25, 0.3) is 5.89 Å². The third kappa shape index (κ3) is 2.31. The summed E-state index contributed by atoms with van der Waals surface area (Å²) in [4.78, 5) is 8.93. The van der Waals surface area contributed by atoms with Crippen molar-refractivity contribution >= 4 is 0 Å². The number of pyridine rings is 1. The summed E-state index contributed by atoms with van der Waals surface area (Å²) in [5, 5.41) is 8.20. The van der Waals surface area contributed by atoms with Crippen LogP contribution in [0.1, 0.15) is 18.2 Å². The highest BCUT2D eigenvalue weighted by Crippen LogP contribution is 2.25. The Morgan fingerprint density at radius 1 is 1.19 bits per heavy atom. The first-order valence-electron chi connectivity index (χ1n) is 6.79. The van der Waals surface area contributed by atoms with E-state index in [1.807, 2.05) is 30.5 Å². The van der Waals surface area contributed by atoms with Crippen LogP contribution in [0.2, 0.25) is 0 Å². The highest BCUT2D eigenvalue weighted by atomic mass is 16.5. The Hall–Kier alpha value is -2.54. The molecule has 1 unspecified atom stereocenters. The third-order valence-corrected chi connectivity index (χ3v) is 3.43. The molecule has 106 valence electrons. The van der Waals surface area contributed by atoms with E-state index in [1.54, 1.807) is 10.9 Å². The molecule has 0 aromatic carbocycles. The van der Waals surface area contributed by atoms with Gasteiger partial charge in [-0.3, -0.25) is 0 Å². The molecule has 4 heterocycles. The van der Waals surface area contributed by atoms with Crippen molar-refractivity contribution in [3.05, 3.63) is 42.5 Å². The molecule has 0 bridgehead atoms. The smallest absolute Gasteiger partial charge is 0.276 e. The Balaban J connectivity index is 1.65. The van der Waals surface area contributed by atoms with Gasteiger partial charge in [0.1, 0.15) is 5.69 Å². The van der Waals surface area contributed by atoms with Crippen molar-refractivity contribution in [1.29, 1.82) is 0 Å². The van der Waals surface area contributed by atoms with E-state index in [0.717, 1.165) is 13.0 Å². The Bertz CT molecular complexity index is 731. The SMILES string of the molecule is c1cc(-c2nc(C3CCOC3)no2)nc(-n2cccn2)c1. The van der Waals surface area contributed by atoms with Crippen molar-refractivity contribution in [1.82, 2.24) is 24.9 Å². The van der Waals surface area contributed by atoms with E-state index in [9.17, 15) is 0 Å². The second-order valence-corrected chi connectivity index (χ2v) is 4.85. The van der Waals surface area contributed by atoms with Crippen LogP contribution in [0.5, 0.6) is 0 Å². The maximum absolute atomic E-state index is 5.35. The monoisotopic (exact) mass is 283 g/mol. The molecule has 1 atom stereocenters. The summed E-state index contributed by atoms with van der Waals surface area (Å²) < 4.78 is 12.4. The average molecular weight is 283 g/mol. The lowest BCUT2D eigenvalue weighted by Crippen LogP contribution is -2.00. The molecule has 1 fully saturated rings. The van der Waals surface area contributed by atoms with Gasteiger partial charge in [0.15, 0.2) is 11.6 Å². The predicted molar refractivity (Wildman–Crippen MR) is 72.8 cm³/mol. The van der Waals surface area contributed by atoms with Crippen LogP contribution in [0.25, 0.3) is 17.4 Å². The zero-order valence-electron chi connectivity index (χ0n) is 11.2. The predicted octanol–water partition coefficient (Wildman–Crippen LogP) is 1.82. The van der Waals surface area contributed by atoms with Crippen molar-refractivity contribution in [3.63, 3.8) is 0 Å². The summed E-state index contributed by atoms with van der Waals surface area (Å²) >= 11 is 0. The first-order valence-corrected chi connectivity index (χ1v) is 6.79. The van der Waals surface area contributed by atoms with Crippen molar-refractivity contribution < 1.29 is 9.26 Å². The number of nitrogens with zero attached hydrogens (tertiary/aromatic N) is 5. The fraction of sp³-hybridized carbons (Fsp3) is 0.286. The Kier molecular flexibility index (Phi) is 2.97. The van der Waals surface area contributed by atoms with Gasteiger partial charge in [0.05, 0.1) is 6.61 Å². The second kappa shape index (κ2) is 5.10. The zero-order chi connectivity index (χ0) is 14.1. The molecule has 0 N–H and O–H groups in total. The Morgan fingerprint density at radius 2 is 2.19 bits per heavy atom. The van der Waals surface area contributed by atoms with E-state index in [0.29, 0.717) is 29.8 Å². The molecule has 4 rings (SSSR count). The zero-order valence-corrected chi connectivity index (χ0v) is 11.2. The third-order valence-electron chi connectivity index (χ3n) is 3.43. The van der Waals surface area contributed by atoms with Crippen molar-refractivity contribution in [2.75, 3.05) is 13.2 Å². The molecule has 0 saturated carbocycles. The number of hydrogen-bond donors (Lipinski definition) is 0. The maximum Gasteiger partial charge on any atom is 0.276 e. The topological polar surface area (TPSA) is 78.9 Å². The molecule has 1 aliphatic heterocycles. The molecule has 0 radical (unpaired) electrons.